The molecule has 1 atom stereocenters. The lowest BCUT2D eigenvalue weighted by molar-refractivity contribution is 0.262. The SMILES string of the molecule is COc1cc(F)cc(C(N)CO)c1OC. The van der Waals surface area contributed by atoms with Crippen molar-refractivity contribution in [2.75, 3.05) is 20.8 Å². The molecule has 1 aromatic rings. The largest absolute Gasteiger partial charge is 0.493 e. The van der Waals surface area contributed by atoms with Crippen LogP contribution in [0.25, 0.3) is 0 Å². The van der Waals surface area contributed by atoms with Gasteiger partial charge in [-0.25, -0.2) is 4.39 Å². The minimum absolute atomic E-state index is 0.261. The summed E-state index contributed by atoms with van der Waals surface area (Å²) in [6.45, 7) is -0.289. The predicted molar refractivity (Wildman–Crippen MR) is 53.5 cm³/mol. The van der Waals surface area contributed by atoms with E-state index in [1.165, 1.54) is 26.4 Å². The van der Waals surface area contributed by atoms with Crippen molar-refractivity contribution >= 4 is 0 Å². The lowest BCUT2D eigenvalue weighted by Gasteiger charge is -2.16. The van der Waals surface area contributed by atoms with Gasteiger partial charge < -0.3 is 20.3 Å². The molecule has 0 aromatic heterocycles. The Morgan fingerprint density at radius 3 is 2.53 bits per heavy atom. The van der Waals surface area contributed by atoms with Gasteiger partial charge in [0.25, 0.3) is 0 Å². The molecular formula is C10H14FNO3. The highest BCUT2D eigenvalue weighted by molar-refractivity contribution is 5.48. The fraction of sp³-hybridized carbons (Fsp3) is 0.400. The second-order valence-corrected chi connectivity index (χ2v) is 3.02. The number of ether oxygens (including phenoxy) is 2. The molecule has 0 bridgehead atoms. The van der Waals surface area contributed by atoms with Crippen molar-refractivity contribution < 1.29 is 19.0 Å². The third-order valence-corrected chi connectivity index (χ3v) is 2.07. The summed E-state index contributed by atoms with van der Waals surface area (Å²) in [5.41, 5.74) is 6.00. The molecule has 1 unspecified atom stereocenters. The number of aliphatic hydroxyl groups is 1. The average Bonchev–Trinajstić information content (AvgIpc) is 2.26. The fourth-order valence-corrected chi connectivity index (χ4v) is 1.33. The summed E-state index contributed by atoms with van der Waals surface area (Å²) in [6, 6.07) is 1.74. The topological polar surface area (TPSA) is 64.7 Å². The summed E-state index contributed by atoms with van der Waals surface area (Å²) in [5, 5.41) is 8.92. The molecule has 0 spiro atoms. The van der Waals surface area contributed by atoms with Crippen molar-refractivity contribution in [1.82, 2.24) is 0 Å². The Balaban J connectivity index is 3.28. The number of hydrogen-bond acceptors (Lipinski definition) is 4. The predicted octanol–water partition coefficient (Wildman–Crippen LogP) is 0.835. The van der Waals surface area contributed by atoms with Crippen LogP contribution in [-0.4, -0.2) is 25.9 Å². The molecule has 0 saturated heterocycles. The van der Waals surface area contributed by atoms with Gasteiger partial charge in [-0.15, -0.1) is 0 Å². The molecule has 0 aliphatic heterocycles. The van der Waals surface area contributed by atoms with Gasteiger partial charge in [-0.1, -0.05) is 0 Å². The van der Waals surface area contributed by atoms with Crippen molar-refractivity contribution in [2.24, 2.45) is 5.73 Å². The number of aliphatic hydroxyl groups excluding tert-OH is 1. The molecule has 0 fully saturated rings. The lowest BCUT2D eigenvalue weighted by atomic mass is 10.1. The highest BCUT2D eigenvalue weighted by Gasteiger charge is 2.17. The second kappa shape index (κ2) is 4.95. The van der Waals surface area contributed by atoms with Gasteiger partial charge in [-0.2, -0.15) is 0 Å². The maximum absolute atomic E-state index is 13.2. The molecule has 1 rings (SSSR count). The second-order valence-electron chi connectivity index (χ2n) is 3.02. The quantitative estimate of drug-likeness (QED) is 0.781. The van der Waals surface area contributed by atoms with Crippen molar-refractivity contribution in [3.05, 3.63) is 23.5 Å². The molecular weight excluding hydrogens is 201 g/mol. The first-order valence-corrected chi connectivity index (χ1v) is 4.41. The van der Waals surface area contributed by atoms with Gasteiger partial charge in [-0.05, 0) is 6.07 Å². The van der Waals surface area contributed by atoms with Gasteiger partial charge in [0.2, 0.25) is 0 Å². The standard InChI is InChI=1S/C10H14FNO3/c1-14-9-4-6(11)3-7(8(12)5-13)10(9)15-2/h3-4,8,13H,5,12H2,1-2H3. The van der Waals surface area contributed by atoms with E-state index >= 15 is 0 Å². The molecule has 3 N–H and O–H groups in total. The first-order chi connectivity index (χ1) is 7.13. The highest BCUT2D eigenvalue weighted by Crippen LogP contribution is 2.34. The van der Waals surface area contributed by atoms with Crippen LogP contribution in [-0.2, 0) is 0 Å². The lowest BCUT2D eigenvalue weighted by Crippen LogP contribution is -2.16. The molecule has 0 aliphatic carbocycles. The average molecular weight is 215 g/mol. The van der Waals surface area contributed by atoms with Crippen molar-refractivity contribution in [3.63, 3.8) is 0 Å². The van der Waals surface area contributed by atoms with E-state index in [2.05, 4.69) is 0 Å². The fourth-order valence-electron chi connectivity index (χ4n) is 1.33. The summed E-state index contributed by atoms with van der Waals surface area (Å²) in [4.78, 5) is 0. The van der Waals surface area contributed by atoms with Crippen LogP contribution in [0.1, 0.15) is 11.6 Å². The van der Waals surface area contributed by atoms with Crippen molar-refractivity contribution in [2.45, 2.75) is 6.04 Å². The zero-order chi connectivity index (χ0) is 11.4. The van der Waals surface area contributed by atoms with E-state index in [0.717, 1.165) is 0 Å². The number of methoxy groups -OCH3 is 2. The van der Waals surface area contributed by atoms with Crippen LogP contribution < -0.4 is 15.2 Å². The monoisotopic (exact) mass is 215 g/mol. The van der Waals surface area contributed by atoms with Gasteiger partial charge in [-0.3, -0.25) is 0 Å². The smallest absolute Gasteiger partial charge is 0.165 e. The van der Waals surface area contributed by atoms with Crippen LogP contribution in [0.15, 0.2) is 12.1 Å². The van der Waals surface area contributed by atoms with Crippen LogP contribution in [0.4, 0.5) is 4.39 Å². The minimum atomic E-state index is -0.690. The Morgan fingerprint density at radius 2 is 2.07 bits per heavy atom. The van der Waals surface area contributed by atoms with Crippen LogP contribution in [0.2, 0.25) is 0 Å². The Morgan fingerprint density at radius 1 is 1.40 bits per heavy atom. The molecule has 0 saturated carbocycles. The van der Waals surface area contributed by atoms with Gasteiger partial charge in [0.15, 0.2) is 11.5 Å². The zero-order valence-electron chi connectivity index (χ0n) is 8.66. The Labute approximate surface area is 87.4 Å². The number of benzene rings is 1. The minimum Gasteiger partial charge on any atom is -0.493 e. The van der Waals surface area contributed by atoms with Crippen molar-refractivity contribution in [3.8, 4) is 11.5 Å². The molecule has 5 heteroatoms. The Hall–Kier alpha value is -1.33. The van der Waals surface area contributed by atoms with Gasteiger partial charge in [0, 0.05) is 11.6 Å². The van der Waals surface area contributed by atoms with Gasteiger partial charge in [0.1, 0.15) is 5.82 Å². The third kappa shape index (κ3) is 2.37. The van der Waals surface area contributed by atoms with Crippen LogP contribution in [0, 0.1) is 5.82 Å². The van der Waals surface area contributed by atoms with E-state index in [1.807, 2.05) is 0 Å². The van der Waals surface area contributed by atoms with Crippen LogP contribution >= 0.6 is 0 Å². The zero-order valence-corrected chi connectivity index (χ0v) is 8.66. The molecule has 0 amide bonds. The summed E-state index contributed by atoms with van der Waals surface area (Å²) in [5.74, 6) is 0.128. The molecule has 0 aliphatic rings. The van der Waals surface area contributed by atoms with E-state index in [1.54, 1.807) is 0 Å². The number of halogens is 1. The number of hydrogen-bond donors (Lipinski definition) is 2. The first kappa shape index (κ1) is 11.7. The molecule has 1 aromatic carbocycles. The summed E-state index contributed by atoms with van der Waals surface area (Å²) < 4.78 is 23.2. The first-order valence-electron chi connectivity index (χ1n) is 4.41. The van der Waals surface area contributed by atoms with E-state index in [4.69, 9.17) is 20.3 Å². The molecule has 84 valence electrons. The molecule has 15 heavy (non-hydrogen) atoms. The van der Waals surface area contributed by atoms with Crippen LogP contribution in [0.3, 0.4) is 0 Å². The highest BCUT2D eigenvalue weighted by atomic mass is 19.1. The van der Waals surface area contributed by atoms with E-state index in [9.17, 15) is 4.39 Å². The molecule has 0 heterocycles. The third-order valence-electron chi connectivity index (χ3n) is 2.07. The van der Waals surface area contributed by atoms with Crippen LogP contribution in [0.5, 0.6) is 11.5 Å². The van der Waals surface area contributed by atoms with E-state index < -0.39 is 11.9 Å². The Kier molecular flexibility index (Phi) is 3.88. The van der Waals surface area contributed by atoms with Gasteiger partial charge >= 0.3 is 0 Å². The Bertz CT molecular complexity index is 344. The van der Waals surface area contributed by atoms with Gasteiger partial charge in [0.05, 0.1) is 26.9 Å². The van der Waals surface area contributed by atoms with E-state index in [0.29, 0.717) is 11.3 Å². The maximum atomic E-state index is 13.2. The maximum Gasteiger partial charge on any atom is 0.165 e. The molecule has 4 nitrogen and oxygen atoms in total. The van der Waals surface area contributed by atoms with E-state index in [-0.39, 0.29) is 12.4 Å². The summed E-state index contributed by atoms with van der Waals surface area (Å²) in [7, 11) is 2.84. The van der Waals surface area contributed by atoms with Crippen molar-refractivity contribution in [1.29, 1.82) is 0 Å². The number of nitrogens with two attached hydrogens (primary N) is 1. The summed E-state index contributed by atoms with van der Waals surface area (Å²) >= 11 is 0. The normalized spacial score (nSPS) is 12.3. The molecule has 0 radical (unpaired) electrons. The summed E-state index contributed by atoms with van der Waals surface area (Å²) in [6.07, 6.45) is 0. The number of rotatable bonds is 4.